The molecule has 3 heterocycles. The maximum absolute atomic E-state index is 13.2. The number of amides is 1. The highest BCUT2D eigenvalue weighted by Gasteiger charge is 2.30. The van der Waals surface area contributed by atoms with Gasteiger partial charge in [0.05, 0.1) is 11.9 Å². The van der Waals surface area contributed by atoms with Crippen LogP contribution in [0.2, 0.25) is 0 Å². The second-order valence-electron chi connectivity index (χ2n) is 8.76. The molecule has 0 bridgehead atoms. The minimum absolute atomic E-state index is 0.0255. The molecule has 3 aromatic heterocycles. The third-order valence-corrected chi connectivity index (χ3v) is 7.69. The molecule has 34 heavy (non-hydrogen) atoms. The summed E-state index contributed by atoms with van der Waals surface area (Å²) in [7, 11) is 3.89. The van der Waals surface area contributed by atoms with Crippen LogP contribution in [-0.4, -0.2) is 38.6 Å². The number of nitrogens with one attached hydrogen (secondary N) is 2. The third-order valence-electron chi connectivity index (χ3n) is 6.53. The Bertz CT molecular complexity index is 1390. The summed E-state index contributed by atoms with van der Waals surface area (Å²) in [6.45, 7) is 0.608. The van der Waals surface area contributed by atoms with E-state index in [0.717, 1.165) is 46.7 Å². The Morgan fingerprint density at radius 3 is 3.00 bits per heavy atom. The van der Waals surface area contributed by atoms with Gasteiger partial charge in [0.2, 0.25) is 5.91 Å². The minimum Gasteiger partial charge on any atom is -0.398 e. The largest absolute Gasteiger partial charge is 0.398 e. The van der Waals surface area contributed by atoms with Gasteiger partial charge >= 0.3 is 0 Å². The number of nitrogen functional groups attached to an aromatic ring is 1. The first-order chi connectivity index (χ1) is 16.4. The number of nitrogens with two attached hydrogens (primary N) is 1. The molecule has 1 atom stereocenters. The van der Waals surface area contributed by atoms with Gasteiger partial charge in [0.15, 0.2) is 0 Å². The maximum Gasteiger partial charge on any atom is 0.226 e. The smallest absolute Gasteiger partial charge is 0.226 e. The summed E-state index contributed by atoms with van der Waals surface area (Å²) in [6, 6.07) is 9.56. The topological polar surface area (TPSA) is 113 Å². The molecule has 0 spiro atoms. The number of rotatable bonds is 6. The van der Waals surface area contributed by atoms with Crippen molar-refractivity contribution < 1.29 is 4.79 Å². The lowest BCUT2D eigenvalue weighted by molar-refractivity contribution is -0.135. The number of aromatic nitrogens is 3. The Hall–Kier alpha value is -3.72. The van der Waals surface area contributed by atoms with Crippen molar-refractivity contribution in [3.63, 3.8) is 0 Å². The molecule has 0 aliphatic heterocycles. The quantitative estimate of drug-likeness (QED) is 0.288. The van der Waals surface area contributed by atoms with Crippen molar-refractivity contribution in [3.8, 4) is 0 Å². The lowest BCUT2D eigenvalue weighted by Crippen LogP contribution is -2.35. The Morgan fingerprint density at radius 2 is 2.24 bits per heavy atom. The molecule has 1 aromatic carbocycles. The van der Waals surface area contributed by atoms with Crippen LogP contribution in [-0.2, 0) is 31.2 Å². The van der Waals surface area contributed by atoms with Gasteiger partial charge in [0.1, 0.15) is 17.0 Å². The molecule has 0 saturated heterocycles. The zero-order valence-corrected chi connectivity index (χ0v) is 20.0. The SMILES string of the molecule is CN(Cc1cccn1C)C(=O)C1CCc2c(sc3ncnc(Nc4ccc(N)c(C=N)c4)c23)C1. The molecule has 1 unspecified atom stereocenters. The monoisotopic (exact) mass is 473 g/mol. The molecule has 174 valence electrons. The van der Waals surface area contributed by atoms with Gasteiger partial charge in [-0.05, 0) is 55.2 Å². The van der Waals surface area contributed by atoms with Crippen LogP contribution in [0.15, 0.2) is 42.9 Å². The van der Waals surface area contributed by atoms with Crippen molar-refractivity contribution in [1.29, 1.82) is 5.41 Å². The number of carbonyl (C=O) groups excluding carboxylic acids is 1. The number of fused-ring (bicyclic) bond motifs is 3. The van der Waals surface area contributed by atoms with Crippen LogP contribution in [0.5, 0.6) is 0 Å². The zero-order chi connectivity index (χ0) is 23.8. The molecular weight excluding hydrogens is 446 g/mol. The molecular formula is C25H27N7OS. The predicted octanol–water partition coefficient (Wildman–Crippen LogP) is 4.12. The number of hydrogen-bond acceptors (Lipinski definition) is 7. The van der Waals surface area contributed by atoms with E-state index in [1.54, 1.807) is 23.7 Å². The Balaban J connectivity index is 1.38. The van der Waals surface area contributed by atoms with Gasteiger partial charge in [0, 0.05) is 59.9 Å². The minimum atomic E-state index is -0.0255. The summed E-state index contributed by atoms with van der Waals surface area (Å²) in [5.74, 6) is 0.908. The number of carbonyl (C=O) groups is 1. The molecule has 8 nitrogen and oxygen atoms in total. The van der Waals surface area contributed by atoms with E-state index in [1.165, 1.54) is 16.7 Å². The fraction of sp³-hybridized carbons (Fsp3) is 0.280. The van der Waals surface area contributed by atoms with Gasteiger partial charge in [-0.3, -0.25) is 4.79 Å². The van der Waals surface area contributed by atoms with Crippen LogP contribution in [0.4, 0.5) is 17.2 Å². The summed E-state index contributed by atoms with van der Waals surface area (Å²) >= 11 is 1.65. The van der Waals surface area contributed by atoms with Crippen LogP contribution < -0.4 is 11.1 Å². The van der Waals surface area contributed by atoms with E-state index in [4.69, 9.17) is 11.1 Å². The van der Waals surface area contributed by atoms with Crippen molar-refractivity contribution in [3.05, 3.63) is 64.6 Å². The Morgan fingerprint density at radius 1 is 1.38 bits per heavy atom. The average Bonchev–Trinajstić information content (AvgIpc) is 3.42. The molecule has 1 amide bonds. The van der Waals surface area contributed by atoms with Gasteiger partial charge < -0.3 is 25.9 Å². The molecule has 0 radical (unpaired) electrons. The molecule has 9 heteroatoms. The molecule has 0 saturated carbocycles. The van der Waals surface area contributed by atoms with Crippen LogP contribution in [0.1, 0.15) is 28.1 Å². The second-order valence-corrected chi connectivity index (χ2v) is 9.85. The van der Waals surface area contributed by atoms with Crippen LogP contribution in [0.3, 0.4) is 0 Å². The van der Waals surface area contributed by atoms with E-state index in [9.17, 15) is 4.79 Å². The second kappa shape index (κ2) is 8.90. The van der Waals surface area contributed by atoms with Crippen molar-refractivity contribution in [2.24, 2.45) is 13.0 Å². The maximum atomic E-state index is 13.2. The van der Waals surface area contributed by atoms with E-state index in [-0.39, 0.29) is 11.8 Å². The van der Waals surface area contributed by atoms with Crippen LogP contribution in [0, 0.1) is 11.3 Å². The highest BCUT2D eigenvalue weighted by Crippen LogP contribution is 2.41. The van der Waals surface area contributed by atoms with E-state index >= 15 is 0 Å². The summed E-state index contributed by atoms with van der Waals surface area (Å²) in [4.78, 5) is 26.2. The van der Waals surface area contributed by atoms with Crippen LogP contribution in [0.25, 0.3) is 10.2 Å². The van der Waals surface area contributed by atoms with Gasteiger partial charge in [-0.1, -0.05) is 0 Å². The number of aryl methyl sites for hydroxylation is 2. The van der Waals surface area contributed by atoms with Gasteiger partial charge in [0.25, 0.3) is 0 Å². The van der Waals surface area contributed by atoms with E-state index < -0.39 is 0 Å². The summed E-state index contributed by atoms with van der Waals surface area (Å²) in [5, 5.41) is 12.0. The van der Waals surface area contributed by atoms with E-state index in [1.807, 2.05) is 54.0 Å². The lowest BCUT2D eigenvalue weighted by atomic mass is 9.87. The number of benzene rings is 1. The third kappa shape index (κ3) is 4.03. The predicted molar refractivity (Wildman–Crippen MR) is 137 cm³/mol. The first-order valence-electron chi connectivity index (χ1n) is 11.2. The lowest BCUT2D eigenvalue weighted by Gasteiger charge is -2.27. The van der Waals surface area contributed by atoms with Crippen LogP contribution >= 0.6 is 11.3 Å². The summed E-state index contributed by atoms with van der Waals surface area (Å²) in [5.41, 5.74) is 10.3. The molecule has 1 aliphatic carbocycles. The first kappa shape index (κ1) is 22.1. The summed E-state index contributed by atoms with van der Waals surface area (Å²) < 4.78 is 2.05. The number of hydrogen-bond donors (Lipinski definition) is 3. The Kier molecular flexibility index (Phi) is 5.79. The van der Waals surface area contributed by atoms with E-state index in [0.29, 0.717) is 17.8 Å². The molecule has 4 N–H and O–H groups in total. The van der Waals surface area contributed by atoms with Crippen molar-refractivity contribution in [2.45, 2.75) is 25.8 Å². The first-order valence-corrected chi connectivity index (χ1v) is 12.0. The number of nitrogens with zero attached hydrogens (tertiary/aromatic N) is 4. The zero-order valence-electron chi connectivity index (χ0n) is 19.2. The van der Waals surface area contributed by atoms with Crippen molar-refractivity contribution >= 4 is 50.9 Å². The van der Waals surface area contributed by atoms with Crippen molar-refractivity contribution in [1.82, 2.24) is 19.4 Å². The van der Waals surface area contributed by atoms with Gasteiger partial charge in [-0.2, -0.15) is 0 Å². The summed E-state index contributed by atoms with van der Waals surface area (Å²) in [6.07, 6.45) is 7.17. The number of thiophene rings is 1. The standard InChI is InChI=1S/C25H27N7OS/c1-31-9-3-4-18(31)13-32(2)25(33)15-5-7-19-21(11-15)34-24-22(19)23(28-14-29-24)30-17-6-8-20(27)16(10-17)12-26/h3-4,6,8-10,12,14-15,26H,5,7,11,13,27H2,1-2H3,(H,28,29,30). The molecule has 1 aliphatic rings. The molecule has 0 fully saturated rings. The van der Waals surface area contributed by atoms with Crippen molar-refractivity contribution in [2.75, 3.05) is 18.1 Å². The highest BCUT2D eigenvalue weighted by molar-refractivity contribution is 7.19. The fourth-order valence-corrected chi connectivity index (χ4v) is 5.89. The molecule has 5 rings (SSSR count). The van der Waals surface area contributed by atoms with Gasteiger partial charge in [-0.15, -0.1) is 11.3 Å². The normalized spacial score (nSPS) is 15.2. The van der Waals surface area contributed by atoms with Gasteiger partial charge in [-0.25, -0.2) is 9.97 Å². The average molecular weight is 474 g/mol. The fourth-order valence-electron chi connectivity index (χ4n) is 4.62. The highest BCUT2D eigenvalue weighted by atomic mass is 32.1. The molecule has 4 aromatic rings. The van der Waals surface area contributed by atoms with E-state index in [2.05, 4.69) is 15.3 Å². The Labute approximate surface area is 202 Å². The number of anilines is 3.